The van der Waals surface area contributed by atoms with Gasteiger partial charge >= 0.3 is 12.1 Å². The standard InChI is InChI=1S/C39H59N3O6/c1-10-12-13-14-15-19-26-42(35(44)28(3)40-37(46)48-39(7,8)9)33(31-24-22-29(11-2)23-25-31)34(43)41-32(36(45)47-38(4,5)6)27-30-20-17-16-18-21-30/h16-18,20-25,28,32-33H,10-15,19,26-27H2,1-9H3,(H,40,46)(H,41,43). The van der Waals surface area contributed by atoms with Crippen LogP contribution in [0.15, 0.2) is 54.6 Å². The summed E-state index contributed by atoms with van der Waals surface area (Å²) in [7, 11) is 0. The number of nitrogens with zero attached hydrogens (tertiary/aromatic N) is 1. The molecule has 0 spiro atoms. The molecule has 9 nitrogen and oxygen atoms in total. The van der Waals surface area contributed by atoms with Crippen molar-refractivity contribution < 1.29 is 28.7 Å². The van der Waals surface area contributed by atoms with E-state index >= 15 is 0 Å². The largest absolute Gasteiger partial charge is 0.458 e. The number of ether oxygens (including phenoxy) is 2. The first-order valence-electron chi connectivity index (χ1n) is 17.5. The van der Waals surface area contributed by atoms with Crippen molar-refractivity contribution in [1.82, 2.24) is 15.5 Å². The number of hydrogen-bond donors (Lipinski definition) is 2. The van der Waals surface area contributed by atoms with Crippen molar-refractivity contribution in [2.45, 2.75) is 143 Å². The molecule has 0 aliphatic heterocycles. The molecular weight excluding hydrogens is 606 g/mol. The monoisotopic (exact) mass is 665 g/mol. The van der Waals surface area contributed by atoms with Crippen LogP contribution in [0, 0.1) is 0 Å². The summed E-state index contributed by atoms with van der Waals surface area (Å²) in [5.74, 6) is -1.49. The van der Waals surface area contributed by atoms with E-state index in [4.69, 9.17) is 9.47 Å². The molecule has 2 aromatic carbocycles. The van der Waals surface area contributed by atoms with Crippen LogP contribution in [0.2, 0.25) is 0 Å². The molecule has 0 saturated heterocycles. The lowest BCUT2D eigenvalue weighted by molar-refractivity contribution is -0.159. The average molecular weight is 666 g/mol. The summed E-state index contributed by atoms with van der Waals surface area (Å²) in [6, 6.07) is 14.0. The molecule has 3 atom stereocenters. The van der Waals surface area contributed by atoms with Crippen molar-refractivity contribution >= 4 is 23.9 Å². The van der Waals surface area contributed by atoms with E-state index < -0.39 is 53.2 Å². The van der Waals surface area contributed by atoms with Gasteiger partial charge in [-0.05, 0) is 78.0 Å². The van der Waals surface area contributed by atoms with Crippen LogP contribution in [0.5, 0.6) is 0 Å². The van der Waals surface area contributed by atoms with E-state index in [-0.39, 0.29) is 13.0 Å². The second kappa shape index (κ2) is 19.2. The molecule has 0 aliphatic carbocycles. The highest BCUT2D eigenvalue weighted by molar-refractivity contribution is 5.93. The van der Waals surface area contributed by atoms with Gasteiger partial charge in [0.2, 0.25) is 11.8 Å². The van der Waals surface area contributed by atoms with E-state index in [0.717, 1.165) is 49.7 Å². The molecule has 9 heteroatoms. The molecule has 0 saturated carbocycles. The lowest BCUT2D eigenvalue weighted by Crippen LogP contribution is -2.54. The Morgan fingerprint density at radius 3 is 1.88 bits per heavy atom. The highest BCUT2D eigenvalue weighted by Crippen LogP contribution is 2.25. The Morgan fingerprint density at radius 1 is 0.729 bits per heavy atom. The van der Waals surface area contributed by atoms with Crippen LogP contribution in [0.4, 0.5) is 4.79 Å². The van der Waals surface area contributed by atoms with Crippen LogP contribution in [0.1, 0.15) is 124 Å². The number of alkyl carbamates (subject to hydrolysis) is 1. The SMILES string of the molecule is CCCCCCCCN(C(=O)C(C)NC(=O)OC(C)(C)C)C(C(=O)NC(Cc1ccccc1)C(=O)OC(C)(C)C)c1ccc(CC)cc1. The van der Waals surface area contributed by atoms with Crippen molar-refractivity contribution in [2.75, 3.05) is 6.54 Å². The molecule has 266 valence electrons. The summed E-state index contributed by atoms with van der Waals surface area (Å²) in [6.45, 7) is 16.7. The van der Waals surface area contributed by atoms with E-state index in [1.54, 1.807) is 48.5 Å². The molecule has 48 heavy (non-hydrogen) atoms. The number of carbonyl (C=O) groups is 4. The first kappa shape index (κ1) is 40.3. The number of aryl methyl sites for hydroxylation is 1. The number of nitrogens with one attached hydrogen (secondary N) is 2. The Balaban J connectivity index is 2.54. The normalized spacial score (nSPS) is 13.5. The molecule has 3 unspecified atom stereocenters. The Hall–Kier alpha value is -3.88. The Labute approximate surface area is 288 Å². The van der Waals surface area contributed by atoms with Crippen molar-refractivity contribution in [2.24, 2.45) is 0 Å². The van der Waals surface area contributed by atoms with Crippen LogP contribution >= 0.6 is 0 Å². The fourth-order valence-corrected chi connectivity index (χ4v) is 5.30. The summed E-state index contributed by atoms with van der Waals surface area (Å²) in [6.07, 6.45) is 6.24. The van der Waals surface area contributed by atoms with Crippen molar-refractivity contribution in [1.29, 1.82) is 0 Å². The number of unbranched alkanes of at least 4 members (excludes halogenated alkanes) is 5. The topological polar surface area (TPSA) is 114 Å². The Bertz CT molecular complexity index is 1300. The zero-order chi connectivity index (χ0) is 35.9. The summed E-state index contributed by atoms with van der Waals surface area (Å²) >= 11 is 0. The first-order chi connectivity index (χ1) is 22.5. The number of amides is 3. The molecule has 0 aliphatic rings. The van der Waals surface area contributed by atoms with E-state index in [0.29, 0.717) is 12.0 Å². The minimum absolute atomic E-state index is 0.213. The molecule has 2 N–H and O–H groups in total. The third-order valence-electron chi connectivity index (χ3n) is 7.69. The van der Waals surface area contributed by atoms with Gasteiger partial charge in [0.05, 0.1) is 0 Å². The minimum atomic E-state index is -1.07. The third kappa shape index (κ3) is 14.5. The number of hydrogen-bond acceptors (Lipinski definition) is 6. The smallest absolute Gasteiger partial charge is 0.408 e. The van der Waals surface area contributed by atoms with Gasteiger partial charge in [0.15, 0.2) is 0 Å². The number of benzene rings is 2. The summed E-state index contributed by atoms with van der Waals surface area (Å²) in [5.41, 5.74) is 1.03. The second-order valence-electron chi connectivity index (χ2n) is 14.4. The molecule has 0 bridgehead atoms. The van der Waals surface area contributed by atoms with Gasteiger partial charge in [-0.1, -0.05) is 101 Å². The number of carbonyl (C=O) groups excluding carboxylic acids is 4. The maximum atomic E-state index is 14.5. The highest BCUT2D eigenvalue weighted by Gasteiger charge is 2.37. The Kier molecular flexibility index (Phi) is 16.1. The summed E-state index contributed by atoms with van der Waals surface area (Å²) in [4.78, 5) is 56.4. The van der Waals surface area contributed by atoms with Gasteiger partial charge in [-0.25, -0.2) is 9.59 Å². The summed E-state index contributed by atoms with van der Waals surface area (Å²) < 4.78 is 11.2. The van der Waals surface area contributed by atoms with Crippen molar-refractivity contribution in [3.8, 4) is 0 Å². The maximum absolute atomic E-state index is 14.5. The molecule has 2 aromatic rings. The fraction of sp³-hybridized carbons (Fsp3) is 0.590. The lowest BCUT2D eigenvalue weighted by Gasteiger charge is -2.35. The molecule has 0 radical (unpaired) electrons. The average Bonchev–Trinajstić information content (AvgIpc) is 3.00. The molecule has 0 fully saturated rings. The lowest BCUT2D eigenvalue weighted by atomic mass is 9.99. The molecule has 0 heterocycles. The van der Waals surface area contributed by atoms with Crippen molar-refractivity contribution in [3.05, 3.63) is 71.3 Å². The molecular formula is C39H59N3O6. The number of rotatable bonds is 17. The van der Waals surface area contributed by atoms with Gasteiger partial charge in [-0.2, -0.15) is 0 Å². The van der Waals surface area contributed by atoms with E-state index in [1.807, 2.05) is 61.5 Å². The summed E-state index contributed by atoms with van der Waals surface area (Å²) in [5, 5.41) is 5.62. The highest BCUT2D eigenvalue weighted by atomic mass is 16.6. The predicted octanol–water partition coefficient (Wildman–Crippen LogP) is 7.46. The van der Waals surface area contributed by atoms with Crippen molar-refractivity contribution in [3.63, 3.8) is 0 Å². The van der Waals surface area contributed by atoms with Crippen LogP contribution in [-0.2, 0) is 36.7 Å². The zero-order valence-corrected chi connectivity index (χ0v) is 30.7. The van der Waals surface area contributed by atoms with Gasteiger partial charge < -0.3 is 25.0 Å². The quantitative estimate of drug-likeness (QED) is 0.134. The van der Waals surface area contributed by atoms with Crippen LogP contribution in [0.25, 0.3) is 0 Å². The minimum Gasteiger partial charge on any atom is -0.458 e. The zero-order valence-electron chi connectivity index (χ0n) is 30.7. The number of esters is 1. The van der Waals surface area contributed by atoms with Crippen LogP contribution in [0.3, 0.4) is 0 Å². The third-order valence-corrected chi connectivity index (χ3v) is 7.69. The molecule has 0 aromatic heterocycles. The van der Waals surface area contributed by atoms with Crippen LogP contribution < -0.4 is 10.6 Å². The van der Waals surface area contributed by atoms with E-state index in [2.05, 4.69) is 17.6 Å². The Morgan fingerprint density at radius 2 is 1.31 bits per heavy atom. The van der Waals surface area contributed by atoms with E-state index in [1.165, 1.54) is 4.90 Å². The van der Waals surface area contributed by atoms with Gasteiger partial charge in [-0.3, -0.25) is 9.59 Å². The fourth-order valence-electron chi connectivity index (χ4n) is 5.30. The van der Waals surface area contributed by atoms with Crippen LogP contribution in [-0.4, -0.2) is 58.6 Å². The second-order valence-corrected chi connectivity index (χ2v) is 14.4. The first-order valence-corrected chi connectivity index (χ1v) is 17.5. The van der Waals surface area contributed by atoms with E-state index in [9.17, 15) is 19.2 Å². The predicted molar refractivity (Wildman–Crippen MR) is 190 cm³/mol. The van der Waals surface area contributed by atoms with Gasteiger partial charge in [0.1, 0.15) is 29.3 Å². The van der Waals surface area contributed by atoms with Gasteiger partial charge in [0.25, 0.3) is 0 Å². The van der Waals surface area contributed by atoms with Gasteiger partial charge in [-0.15, -0.1) is 0 Å². The maximum Gasteiger partial charge on any atom is 0.408 e. The van der Waals surface area contributed by atoms with Gasteiger partial charge in [0, 0.05) is 13.0 Å². The molecule has 2 rings (SSSR count). The molecule has 3 amide bonds.